The molecule has 0 aliphatic rings. The van der Waals surface area contributed by atoms with E-state index in [1.54, 1.807) is 6.92 Å². The predicted octanol–water partition coefficient (Wildman–Crippen LogP) is 1.61. The minimum Gasteiger partial charge on any atom is -0.343 e. The van der Waals surface area contributed by atoms with Gasteiger partial charge in [0.25, 0.3) is 0 Å². The van der Waals surface area contributed by atoms with E-state index in [0.717, 1.165) is 0 Å². The van der Waals surface area contributed by atoms with E-state index in [1.807, 2.05) is 0 Å². The maximum absolute atomic E-state index is 5.54. The summed E-state index contributed by atoms with van der Waals surface area (Å²) in [4.78, 5) is 11.2. The maximum atomic E-state index is 5.54. The highest BCUT2D eigenvalue weighted by Gasteiger charge is 2.00. The highest BCUT2D eigenvalue weighted by Crippen LogP contribution is 2.08. The van der Waals surface area contributed by atoms with Gasteiger partial charge in [-0.25, -0.2) is 0 Å². The molecule has 0 aliphatic heterocycles. The highest BCUT2D eigenvalue weighted by molar-refractivity contribution is 6.31. The van der Waals surface area contributed by atoms with Crippen LogP contribution in [0.15, 0.2) is 0 Å². The first-order valence-electron chi connectivity index (χ1n) is 3.43. The third-order valence-electron chi connectivity index (χ3n) is 1.09. The highest BCUT2D eigenvalue weighted by atomic mass is 35.5. The van der Waals surface area contributed by atoms with Crippen molar-refractivity contribution in [2.45, 2.75) is 6.92 Å². The molecule has 0 saturated carbocycles. The van der Waals surface area contributed by atoms with E-state index in [0.29, 0.717) is 12.5 Å². The smallest absolute Gasteiger partial charge is 0.229 e. The molecule has 0 fully saturated rings. The van der Waals surface area contributed by atoms with Gasteiger partial charge in [-0.15, -0.1) is 5.92 Å². The Hall–Kier alpha value is -1.05. The van der Waals surface area contributed by atoms with Gasteiger partial charge in [-0.05, 0) is 30.1 Å². The van der Waals surface area contributed by atoms with Gasteiger partial charge in [0, 0.05) is 0 Å². The van der Waals surface area contributed by atoms with Crippen LogP contribution in [0.2, 0.25) is 10.6 Å². The van der Waals surface area contributed by atoms with Crippen LogP contribution in [-0.2, 0) is 0 Å². The fraction of sp³-hybridized carbons (Fsp3) is 0.286. The van der Waals surface area contributed by atoms with Crippen molar-refractivity contribution in [3.05, 3.63) is 10.6 Å². The molecule has 1 rings (SSSR count). The summed E-state index contributed by atoms with van der Waals surface area (Å²) < 4.78 is 0. The van der Waals surface area contributed by atoms with E-state index in [1.165, 1.54) is 0 Å². The zero-order valence-corrected chi connectivity index (χ0v) is 8.32. The molecule has 1 aromatic rings. The first-order valence-corrected chi connectivity index (χ1v) is 4.18. The lowest BCUT2D eigenvalue weighted by atomic mass is 10.6. The van der Waals surface area contributed by atoms with Crippen molar-refractivity contribution in [3.8, 4) is 11.8 Å². The van der Waals surface area contributed by atoms with Crippen molar-refractivity contribution in [1.29, 1.82) is 0 Å². The summed E-state index contributed by atoms with van der Waals surface area (Å²) in [5.41, 5.74) is 0. The van der Waals surface area contributed by atoms with Crippen LogP contribution < -0.4 is 5.32 Å². The van der Waals surface area contributed by atoms with Gasteiger partial charge in [0.15, 0.2) is 0 Å². The van der Waals surface area contributed by atoms with Crippen LogP contribution in [0.3, 0.4) is 0 Å². The molecule has 1 heterocycles. The van der Waals surface area contributed by atoms with Gasteiger partial charge < -0.3 is 5.32 Å². The number of hydrogen-bond acceptors (Lipinski definition) is 4. The lowest BCUT2D eigenvalue weighted by molar-refractivity contribution is 1.04. The van der Waals surface area contributed by atoms with E-state index < -0.39 is 0 Å². The zero-order chi connectivity index (χ0) is 9.68. The van der Waals surface area contributed by atoms with Crippen LogP contribution in [0.25, 0.3) is 0 Å². The number of nitrogens with zero attached hydrogens (tertiary/aromatic N) is 3. The molecular formula is C7H6Cl2N4. The molecule has 0 aromatic carbocycles. The normalized spacial score (nSPS) is 8.85. The zero-order valence-electron chi connectivity index (χ0n) is 6.80. The van der Waals surface area contributed by atoms with Gasteiger partial charge >= 0.3 is 0 Å². The second kappa shape index (κ2) is 4.85. The van der Waals surface area contributed by atoms with Crippen molar-refractivity contribution in [3.63, 3.8) is 0 Å². The second-order valence-corrected chi connectivity index (χ2v) is 2.65. The average molecular weight is 217 g/mol. The molecule has 1 N–H and O–H groups in total. The molecule has 0 saturated heterocycles. The van der Waals surface area contributed by atoms with Crippen LogP contribution in [-0.4, -0.2) is 21.5 Å². The van der Waals surface area contributed by atoms with Crippen molar-refractivity contribution in [2.75, 3.05) is 11.9 Å². The number of nitrogens with one attached hydrogen (secondary N) is 1. The standard InChI is InChI=1S/C7H6Cl2N4/c1-2-3-4-10-7-12-5(8)11-6(9)13-7/h4H2,1H3,(H,10,11,12,13). The summed E-state index contributed by atoms with van der Waals surface area (Å²) in [7, 11) is 0. The molecule has 0 amide bonds. The van der Waals surface area contributed by atoms with Crippen LogP contribution >= 0.6 is 23.2 Å². The summed E-state index contributed by atoms with van der Waals surface area (Å²) in [6.07, 6.45) is 0. The molecule has 0 radical (unpaired) electrons. The van der Waals surface area contributed by atoms with Crippen molar-refractivity contribution >= 4 is 29.2 Å². The monoisotopic (exact) mass is 216 g/mol. The van der Waals surface area contributed by atoms with E-state index in [9.17, 15) is 0 Å². The first-order chi connectivity index (χ1) is 6.22. The number of hydrogen-bond donors (Lipinski definition) is 1. The Balaban J connectivity index is 2.69. The van der Waals surface area contributed by atoms with Crippen LogP contribution in [0.4, 0.5) is 5.95 Å². The van der Waals surface area contributed by atoms with Crippen molar-refractivity contribution in [2.24, 2.45) is 0 Å². The van der Waals surface area contributed by atoms with Crippen molar-refractivity contribution in [1.82, 2.24) is 15.0 Å². The fourth-order valence-corrected chi connectivity index (χ4v) is 0.980. The SMILES string of the molecule is CC#CCNc1nc(Cl)nc(Cl)n1. The van der Waals surface area contributed by atoms with E-state index in [2.05, 4.69) is 32.1 Å². The number of anilines is 1. The Morgan fingerprint density at radius 3 is 2.38 bits per heavy atom. The average Bonchev–Trinajstić information content (AvgIpc) is 2.03. The number of aromatic nitrogens is 3. The van der Waals surface area contributed by atoms with Crippen molar-refractivity contribution < 1.29 is 0 Å². The Kier molecular flexibility index (Phi) is 3.74. The van der Waals surface area contributed by atoms with Crippen LogP contribution in [0, 0.1) is 11.8 Å². The molecular weight excluding hydrogens is 211 g/mol. The fourth-order valence-electron chi connectivity index (χ4n) is 0.617. The molecule has 0 unspecified atom stereocenters. The van der Waals surface area contributed by atoms with E-state index >= 15 is 0 Å². The summed E-state index contributed by atoms with van der Waals surface area (Å²) in [6, 6.07) is 0. The summed E-state index contributed by atoms with van der Waals surface area (Å²) in [5, 5.41) is 2.95. The molecule has 6 heteroatoms. The third-order valence-corrected chi connectivity index (χ3v) is 1.43. The molecule has 68 valence electrons. The summed E-state index contributed by atoms with van der Waals surface area (Å²) in [5.74, 6) is 5.83. The number of halogens is 2. The Morgan fingerprint density at radius 1 is 1.23 bits per heavy atom. The van der Waals surface area contributed by atoms with Gasteiger partial charge in [0.05, 0.1) is 6.54 Å². The van der Waals surface area contributed by atoms with Gasteiger partial charge in [-0.3, -0.25) is 0 Å². The Morgan fingerprint density at radius 2 is 1.85 bits per heavy atom. The van der Waals surface area contributed by atoms with Gasteiger partial charge in [0.1, 0.15) is 0 Å². The topological polar surface area (TPSA) is 50.7 Å². The summed E-state index contributed by atoms with van der Waals surface area (Å²) in [6.45, 7) is 2.20. The molecule has 0 spiro atoms. The van der Waals surface area contributed by atoms with Crippen LogP contribution in [0.1, 0.15) is 6.92 Å². The van der Waals surface area contributed by atoms with E-state index in [4.69, 9.17) is 23.2 Å². The second-order valence-electron chi connectivity index (χ2n) is 1.98. The summed E-state index contributed by atoms with van der Waals surface area (Å²) >= 11 is 11.1. The first kappa shape index (κ1) is 10.0. The molecule has 1 aromatic heterocycles. The predicted molar refractivity (Wildman–Crippen MR) is 51.8 cm³/mol. The number of rotatable bonds is 2. The molecule has 4 nitrogen and oxygen atoms in total. The minimum atomic E-state index is 0.0620. The molecule has 0 aliphatic carbocycles. The van der Waals surface area contributed by atoms with Gasteiger partial charge in [-0.1, -0.05) is 5.92 Å². The minimum absolute atomic E-state index is 0.0620. The molecule has 13 heavy (non-hydrogen) atoms. The lowest BCUT2D eigenvalue weighted by Crippen LogP contribution is -2.04. The molecule has 0 atom stereocenters. The quantitative estimate of drug-likeness (QED) is 0.764. The van der Waals surface area contributed by atoms with Gasteiger partial charge in [-0.2, -0.15) is 15.0 Å². The van der Waals surface area contributed by atoms with Crippen LogP contribution in [0.5, 0.6) is 0 Å². The third kappa shape index (κ3) is 3.45. The molecule has 0 bridgehead atoms. The van der Waals surface area contributed by atoms with Gasteiger partial charge in [0.2, 0.25) is 16.5 Å². The maximum Gasteiger partial charge on any atom is 0.229 e. The Bertz CT molecular complexity index is 335. The van der Waals surface area contributed by atoms with E-state index in [-0.39, 0.29) is 10.6 Å². The largest absolute Gasteiger partial charge is 0.343 e. The Labute approximate surface area is 85.7 Å². The lowest BCUT2D eigenvalue weighted by Gasteiger charge is -1.99.